The molecule has 0 bridgehead atoms. The highest BCUT2D eigenvalue weighted by atomic mass is 35.5. The van der Waals surface area contributed by atoms with E-state index in [1.54, 1.807) is 17.0 Å². The van der Waals surface area contributed by atoms with Gasteiger partial charge in [0.2, 0.25) is 0 Å². The second-order valence-corrected chi connectivity index (χ2v) is 8.81. The summed E-state index contributed by atoms with van der Waals surface area (Å²) in [6.07, 6.45) is 1.02. The molecule has 9 heteroatoms. The van der Waals surface area contributed by atoms with Gasteiger partial charge in [0.05, 0.1) is 33.5 Å². The number of benzene rings is 2. The molecular weight excluding hydrogens is 437 g/mol. The summed E-state index contributed by atoms with van der Waals surface area (Å²) < 4.78 is 16.1. The molecule has 2 fully saturated rings. The summed E-state index contributed by atoms with van der Waals surface area (Å²) >= 11 is 6.41. The van der Waals surface area contributed by atoms with E-state index < -0.39 is 29.7 Å². The van der Waals surface area contributed by atoms with Gasteiger partial charge in [-0.05, 0) is 48.9 Å². The van der Waals surface area contributed by atoms with Crippen molar-refractivity contribution in [3.05, 3.63) is 58.4 Å². The summed E-state index contributed by atoms with van der Waals surface area (Å²) in [5.41, 5.74) is 1.52. The Morgan fingerprint density at radius 2 is 1.88 bits per heavy atom. The zero-order chi connectivity index (χ0) is 22.6. The summed E-state index contributed by atoms with van der Waals surface area (Å²) in [5, 5.41) is 24.5. The number of β-amino-alcohol motifs (C(OH)–C–C–N with tert-alkyl or cyclic N) is 1. The number of rotatable bonds is 4. The van der Waals surface area contributed by atoms with Crippen LogP contribution in [0.1, 0.15) is 41.1 Å². The second kappa shape index (κ2) is 7.86. The third-order valence-corrected chi connectivity index (χ3v) is 6.62. The highest BCUT2D eigenvalue weighted by Crippen LogP contribution is 2.43. The fraction of sp³-hybridized carbons (Fsp3) is 0.348. The van der Waals surface area contributed by atoms with E-state index in [9.17, 15) is 24.2 Å². The number of aromatic nitrogens is 2. The lowest BCUT2D eigenvalue weighted by Crippen LogP contribution is -2.47. The Hall–Kier alpha value is -2.97. The van der Waals surface area contributed by atoms with Gasteiger partial charge in [0.25, 0.3) is 5.91 Å². The Labute approximate surface area is 188 Å². The van der Waals surface area contributed by atoms with Gasteiger partial charge in [-0.15, -0.1) is 5.10 Å². The number of fused-ring (bicyclic) bond motifs is 1. The van der Waals surface area contributed by atoms with Crippen LogP contribution < -0.4 is 4.90 Å². The molecule has 1 aliphatic heterocycles. The number of carboxylic acid groups (broad SMARTS) is 1. The van der Waals surface area contributed by atoms with Crippen LogP contribution in [0.3, 0.4) is 0 Å². The van der Waals surface area contributed by atoms with Crippen molar-refractivity contribution in [3.63, 3.8) is 0 Å². The van der Waals surface area contributed by atoms with Crippen LogP contribution in [0.15, 0.2) is 36.4 Å². The number of aliphatic carboxylic acids is 1. The first-order valence-corrected chi connectivity index (χ1v) is 10.9. The number of carbonyl (C=O) groups excluding carboxylic acids is 1. The Morgan fingerprint density at radius 1 is 1.12 bits per heavy atom. The Balaban J connectivity index is 1.60. The number of nitrogens with zero attached hydrogens (tertiary/aromatic N) is 3. The molecular formula is C23H21ClFN3O4. The second-order valence-electron chi connectivity index (χ2n) is 8.40. The third kappa shape index (κ3) is 3.43. The van der Waals surface area contributed by atoms with Crippen LogP contribution in [0.25, 0.3) is 10.9 Å². The molecule has 0 spiro atoms. The molecule has 2 N–H and O–H groups in total. The molecule has 3 aromatic rings. The zero-order valence-electron chi connectivity index (χ0n) is 17.0. The number of carboxylic acids is 1. The van der Waals surface area contributed by atoms with Crippen molar-refractivity contribution in [1.29, 1.82) is 0 Å². The number of aliphatic hydroxyl groups is 1. The van der Waals surface area contributed by atoms with E-state index >= 15 is 0 Å². The average molecular weight is 458 g/mol. The normalized spacial score (nSPS) is 21.2. The summed E-state index contributed by atoms with van der Waals surface area (Å²) in [6.45, 7) is 0.243. The molecule has 0 radical (unpaired) electrons. The number of carbonyl (C=O) groups is 2. The van der Waals surface area contributed by atoms with Crippen LogP contribution in [0.2, 0.25) is 5.02 Å². The predicted octanol–water partition coefficient (Wildman–Crippen LogP) is 3.67. The summed E-state index contributed by atoms with van der Waals surface area (Å²) in [4.78, 5) is 26.6. The lowest BCUT2D eigenvalue weighted by Gasteiger charge is -2.34. The molecule has 2 atom stereocenters. The SMILES string of the molecule is O=C(O)[C@H]1CCN(c2nn(C(=O)c3c(Cl)cccc3C3CC3)c3cccc(F)c23)CC1O. The van der Waals surface area contributed by atoms with Crippen LogP contribution in [-0.2, 0) is 4.79 Å². The minimum Gasteiger partial charge on any atom is -0.481 e. The fourth-order valence-electron chi connectivity index (χ4n) is 4.50. The average Bonchev–Trinajstić information content (AvgIpc) is 3.53. The molecule has 1 unspecified atom stereocenters. The van der Waals surface area contributed by atoms with Crippen molar-refractivity contribution >= 4 is 40.2 Å². The lowest BCUT2D eigenvalue weighted by molar-refractivity contribution is -0.146. The Morgan fingerprint density at radius 3 is 2.56 bits per heavy atom. The maximum Gasteiger partial charge on any atom is 0.309 e. The smallest absolute Gasteiger partial charge is 0.309 e. The molecule has 0 amide bonds. The summed E-state index contributed by atoms with van der Waals surface area (Å²) in [6, 6.07) is 9.76. The van der Waals surface area contributed by atoms with E-state index in [4.69, 9.17) is 11.6 Å². The topological polar surface area (TPSA) is 95.7 Å². The molecule has 7 nitrogen and oxygen atoms in total. The van der Waals surface area contributed by atoms with Crippen LogP contribution in [-0.4, -0.2) is 51.1 Å². The molecule has 2 heterocycles. The number of hydrogen-bond donors (Lipinski definition) is 2. The first-order valence-electron chi connectivity index (χ1n) is 10.5. The quantitative estimate of drug-likeness (QED) is 0.620. The van der Waals surface area contributed by atoms with Crippen molar-refractivity contribution < 1.29 is 24.2 Å². The summed E-state index contributed by atoms with van der Waals surface area (Å²) in [5.74, 6) is -2.48. The van der Waals surface area contributed by atoms with Crippen molar-refractivity contribution in [2.45, 2.75) is 31.3 Å². The highest BCUT2D eigenvalue weighted by Gasteiger charge is 2.36. The van der Waals surface area contributed by atoms with E-state index in [0.717, 1.165) is 23.1 Å². The number of piperidine rings is 1. The first-order chi connectivity index (χ1) is 15.4. The van der Waals surface area contributed by atoms with Crippen LogP contribution >= 0.6 is 11.6 Å². The number of aliphatic hydroxyl groups excluding tert-OH is 1. The van der Waals surface area contributed by atoms with Gasteiger partial charge >= 0.3 is 5.97 Å². The highest BCUT2D eigenvalue weighted by molar-refractivity contribution is 6.34. The van der Waals surface area contributed by atoms with Crippen molar-refractivity contribution in [2.24, 2.45) is 5.92 Å². The predicted molar refractivity (Wildman–Crippen MR) is 117 cm³/mol. The maximum absolute atomic E-state index is 14.9. The van der Waals surface area contributed by atoms with E-state index in [-0.39, 0.29) is 36.6 Å². The van der Waals surface area contributed by atoms with Gasteiger partial charge in [-0.1, -0.05) is 29.8 Å². The largest absolute Gasteiger partial charge is 0.481 e. The van der Waals surface area contributed by atoms with Gasteiger partial charge in [0.15, 0.2) is 5.82 Å². The Bertz CT molecular complexity index is 1240. The minimum atomic E-state index is -1.13. The molecule has 1 saturated heterocycles. The van der Waals surface area contributed by atoms with Gasteiger partial charge in [0, 0.05) is 13.1 Å². The van der Waals surface area contributed by atoms with E-state index in [2.05, 4.69) is 5.10 Å². The van der Waals surface area contributed by atoms with Crippen molar-refractivity contribution in [1.82, 2.24) is 9.78 Å². The minimum absolute atomic E-state index is 0.0228. The van der Waals surface area contributed by atoms with Crippen molar-refractivity contribution in [2.75, 3.05) is 18.0 Å². The molecule has 1 aliphatic carbocycles. The van der Waals surface area contributed by atoms with Crippen molar-refractivity contribution in [3.8, 4) is 0 Å². The van der Waals surface area contributed by atoms with Crippen LogP contribution in [0, 0.1) is 11.7 Å². The van der Waals surface area contributed by atoms with E-state index in [0.29, 0.717) is 16.1 Å². The molecule has 1 aromatic heterocycles. The zero-order valence-corrected chi connectivity index (χ0v) is 17.8. The van der Waals surface area contributed by atoms with Crippen LogP contribution in [0.4, 0.5) is 10.2 Å². The maximum atomic E-state index is 14.9. The molecule has 32 heavy (non-hydrogen) atoms. The lowest BCUT2D eigenvalue weighted by atomic mass is 9.94. The number of anilines is 1. The van der Waals surface area contributed by atoms with E-state index in [1.807, 2.05) is 12.1 Å². The van der Waals surface area contributed by atoms with Crippen LogP contribution in [0.5, 0.6) is 0 Å². The molecule has 2 aromatic carbocycles. The number of hydrogen-bond acceptors (Lipinski definition) is 5. The fourth-order valence-corrected chi connectivity index (χ4v) is 4.77. The first kappa shape index (κ1) is 20.9. The standard InChI is InChI=1S/C23H21ClFN3O4/c24-15-4-1-3-13(12-7-8-12)19(15)22(30)28-17-6-2-5-16(25)20(17)21(26-28)27-10-9-14(23(31)32)18(29)11-27/h1-6,12,14,18,29H,7-11H2,(H,31,32)/t14-,18?/m0/s1. The summed E-state index contributed by atoms with van der Waals surface area (Å²) in [7, 11) is 0. The van der Waals surface area contributed by atoms with Gasteiger partial charge in [-0.25, -0.2) is 4.39 Å². The number of halogens is 2. The van der Waals surface area contributed by atoms with Gasteiger partial charge in [-0.3, -0.25) is 9.59 Å². The molecule has 2 aliphatic rings. The Kier molecular flexibility index (Phi) is 5.14. The molecule has 1 saturated carbocycles. The van der Waals surface area contributed by atoms with Gasteiger partial charge in [-0.2, -0.15) is 4.68 Å². The molecule has 5 rings (SSSR count). The monoisotopic (exact) mass is 457 g/mol. The third-order valence-electron chi connectivity index (χ3n) is 6.31. The molecule has 166 valence electrons. The van der Waals surface area contributed by atoms with Gasteiger partial charge < -0.3 is 15.1 Å². The van der Waals surface area contributed by atoms with E-state index in [1.165, 1.54) is 12.1 Å². The van der Waals surface area contributed by atoms with Gasteiger partial charge in [0.1, 0.15) is 5.82 Å².